The molecule has 0 aromatic heterocycles. The first-order chi connectivity index (χ1) is 15.1. The molecule has 168 valence electrons. The Morgan fingerprint density at radius 3 is 2.06 bits per heavy atom. The van der Waals surface area contributed by atoms with Gasteiger partial charge in [-0.1, -0.05) is 24.3 Å². The number of anilines is 1. The molecule has 0 spiro atoms. The van der Waals surface area contributed by atoms with Gasteiger partial charge in [0.15, 0.2) is 0 Å². The van der Waals surface area contributed by atoms with Crippen LogP contribution < -0.4 is 15.2 Å². The fourth-order valence-electron chi connectivity index (χ4n) is 2.85. The summed E-state index contributed by atoms with van der Waals surface area (Å²) in [5, 5.41) is 7.76. The van der Waals surface area contributed by atoms with Crippen LogP contribution in [-0.4, -0.2) is 29.3 Å². The maximum atomic E-state index is 13.1. The van der Waals surface area contributed by atoms with Gasteiger partial charge in [0.2, 0.25) is 10.0 Å². The third-order valence-electron chi connectivity index (χ3n) is 4.49. The average molecular weight is 478 g/mol. The molecule has 3 rings (SSSR count). The Hall–Kier alpha value is -3.28. The number of carbonyl (C=O) groups excluding carboxylic acids is 1. The molecule has 11 heteroatoms. The lowest BCUT2D eigenvalue weighted by Crippen LogP contribution is -2.27. The van der Waals surface area contributed by atoms with Crippen molar-refractivity contribution < 1.29 is 26.0 Å². The summed E-state index contributed by atoms with van der Waals surface area (Å²) < 4.78 is 63.2. The second kappa shape index (κ2) is 9.47. The summed E-state index contributed by atoms with van der Waals surface area (Å²) >= 11 is 0. The highest BCUT2D eigenvalue weighted by molar-refractivity contribution is 7.92. The lowest BCUT2D eigenvalue weighted by molar-refractivity contribution is 0.0955. The lowest BCUT2D eigenvalue weighted by atomic mass is 10.1. The number of hydrogen-bond donors (Lipinski definition) is 3. The van der Waals surface area contributed by atoms with Crippen LogP contribution in [0, 0.1) is 5.82 Å². The Balaban J connectivity index is 1.67. The van der Waals surface area contributed by atoms with Crippen molar-refractivity contribution in [3.05, 3.63) is 89.7 Å². The zero-order valence-electron chi connectivity index (χ0n) is 16.7. The van der Waals surface area contributed by atoms with E-state index in [2.05, 4.69) is 10.0 Å². The van der Waals surface area contributed by atoms with Crippen LogP contribution in [0.2, 0.25) is 0 Å². The summed E-state index contributed by atoms with van der Waals surface area (Å²) in [6.07, 6.45) is 0.417. The van der Waals surface area contributed by atoms with Gasteiger partial charge in [0.05, 0.1) is 21.0 Å². The number of nitrogens with two attached hydrogens (primary N) is 1. The second-order valence-electron chi connectivity index (χ2n) is 6.80. The standard InChI is InChI=1S/C21H20FN3O5S2/c22-16-7-11-18(12-8-16)32(29,30)25-20-4-2-1-3-19(20)21(26)24-14-13-15-5-9-17(10-6-15)31(23,27)28/h1-12,25H,13-14H2,(H,24,26)(H2,23,27,28). The zero-order valence-corrected chi connectivity index (χ0v) is 18.3. The first-order valence-electron chi connectivity index (χ1n) is 9.34. The van der Waals surface area contributed by atoms with Crippen molar-refractivity contribution in [2.45, 2.75) is 16.2 Å². The molecule has 3 aromatic rings. The molecule has 0 saturated heterocycles. The van der Waals surface area contributed by atoms with E-state index in [0.717, 1.165) is 29.8 Å². The SMILES string of the molecule is NS(=O)(=O)c1ccc(CCNC(=O)c2ccccc2NS(=O)(=O)c2ccc(F)cc2)cc1. The minimum absolute atomic E-state index is 0.00680. The van der Waals surface area contributed by atoms with Crippen molar-refractivity contribution in [3.63, 3.8) is 0 Å². The molecular weight excluding hydrogens is 457 g/mol. The van der Waals surface area contributed by atoms with E-state index in [1.807, 2.05) is 0 Å². The van der Waals surface area contributed by atoms with Gasteiger partial charge < -0.3 is 5.32 Å². The third kappa shape index (κ3) is 5.90. The smallest absolute Gasteiger partial charge is 0.261 e. The minimum Gasteiger partial charge on any atom is -0.352 e. The quantitative estimate of drug-likeness (QED) is 0.457. The second-order valence-corrected chi connectivity index (χ2v) is 10.0. The minimum atomic E-state index is -4.02. The van der Waals surface area contributed by atoms with E-state index in [4.69, 9.17) is 5.14 Å². The van der Waals surface area contributed by atoms with Crippen LogP contribution >= 0.6 is 0 Å². The topological polar surface area (TPSA) is 135 Å². The Bertz CT molecular complexity index is 1320. The monoisotopic (exact) mass is 477 g/mol. The van der Waals surface area contributed by atoms with Gasteiger partial charge in [-0.3, -0.25) is 9.52 Å². The van der Waals surface area contributed by atoms with Gasteiger partial charge in [-0.25, -0.2) is 26.4 Å². The summed E-state index contributed by atoms with van der Waals surface area (Å²) in [6.45, 7) is 0.229. The number of amides is 1. The number of hydrogen-bond acceptors (Lipinski definition) is 5. The molecule has 0 bridgehead atoms. The first kappa shape index (κ1) is 23.4. The summed E-state index contributed by atoms with van der Waals surface area (Å²) in [4.78, 5) is 12.5. The number of nitrogens with one attached hydrogen (secondary N) is 2. The molecule has 0 atom stereocenters. The largest absolute Gasteiger partial charge is 0.352 e. The Kier molecular flexibility index (Phi) is 6.92. The van der Waals surface area contributed by atoms with Crippen molar-refractivity contribution >= 4 is 31.6 Å². The Labute approximate surface area is 185 Å². The maximum absolute atomic E-state index is 13.1. The fraction of sp³-hybridized carbons (Fsp3) is 0.0952. The van der Waals surface area contributed by atoms with E-state index in [1.165, 1.54) is 24.3 Å². The molecule has 0 radical (unpaired) electrons. The number of benzene rings is 3. The molecule has 0 aliphatic carbocycles. The maximum Gasteiger partial charge on any atom is 0.261 e. The summed E-state index contributed by atoms with van der Waals surface area (Å²) in [5.74, 6) is -1.06. The molecule has 0 aliphatic heterocycles. The fourth-order valence-corrected chi connectivity index (χ4v) is 4.44. The highest BCUT2D eigenvalue weighted by Gasteiger charge is 2.18. The van der Waals surface area contributed by atoms with E-state index in [1.54, 1.807) is 24.3 Å². The van der Waals surface area contributed by atoms with Crippen LogP contribution in [-0.2, 0) is 26.5 Å². The molecule has 0 aliphatic rings. The number of primary sulfonamides is 1. The van der Waals surface area contributed by atoms with Crippen LogP contribution in [0.15, 0.2) is 82.6 Å². The summed E-state index contributed by atoms with van der Waals surface area (Å²) in [6, 6.07) is 16.4. The van der Waals surface area contributed by atoms with E-state index in [-0.39, 0.29) is 27.6 Å². The van der Waals surface area contributed by atoms with Gasteiger partial charge in [-0.05, 0) is 60.5 Å². The van der Waals surface area contributed by atoms with Gasteiger partial charge in [-0.2, -0.15) is 0 Å². The predicted octanol–water partition coefficient (Wildman–Crippen LogP) is 2.25. The zero-order chi connectivity index (χ0) is 23.4. The number of para-hydroxylation sites is 1. The normalized spacial score (nSPS) is 11.7. The first-order valence-corrected chi connectivity index (χ1v) is 12.4. The van der Waals surface area contributed by atoms with Gasteiger partial charge in [-0.15, -0.1) is 0 Å². The summed E-state index contributed by atoms with van der Waals surface area (Å²) in [7, 11) is -7.80. The molecule has 0 unspecified atom stereocenters. The van der Waals surface area contributed by atoms with E-state index < -0.39 is 31.8 Å². The van der Waals surface area contributed by atoms with Crippen LogP contribution in [0.4, 0.5) is 10.1 Å². The van der Waals surface area contributed by atoms with Crippen molar-refractivity contribution in [2.75, 3.05) is 11.3 Å². The highest BCUT2D eigenvalue weighted by Crippen LogP contribution is 2.20. The van der Waals surface area contributed by atoms with Crippen LogP contribution in [0.5, 0.6) is 0 Å². The Morgan fingerprint density at radius 1 is 0.844 bits per heavy atom. The van der Waals surface area contributed by atoms with E-state index in [0.29, 0.717) is 6.42 Å². The van der Waals surface area contributed by atoms with Crippen molar-refractivity contribution in [3.8, 4) is 0 Å². The van der Waals surface area contributed by atoms with Crippen LogP contribution in [0.1, 0.15) is 15.9 Å². The summed E-state index contributed by atoms with van der Waals surface area (Å²) in [5.41, 5.74) is 0.970. The number of sulfonamides is 2. The van der Waals surface area contributed by atoms with Gasteiger partial charge in [0, 0.05) is 6.54 Å². The molecule has 8 nitrogen and oxygen atoms in total. The highest BCUT2D eigenvalue weighted by atomic mass is 32.2. The molecular formula is C21H20FN3O5S2. The van der Waals surface area contributed by atoms with Gasteiger partial charge >= 0.3 is 0 Å². The molecule has 0 fully saturated rings. The van der Waals surface area contributed by atoms with Crippen LogP contribution in [0.25, 0.3) is 0 Å². The molecule has 32 heavy (non-hydrogen) atoms. The lowest BCUT2D eigenvalue weighted by Gasteiger charge is -2.13. The molecule has 0 saturated carbocycles. The van der Waals surface area contributed by atoms with Crippen molar-refractivity contribution in [2.24, 2.45) is 5.14 Å². The van der Waals surface area contributed by atoms with E-state index >= 15 is 0 Å². The van der Waals surface area contributed by atoms with Crippen molar-refractivity contribution in [1.29, 1.82) is 0 Å². The molecule has 1 amide bonds. The molecule has 0 heterocycles. The van der Waals surface area contributed by atoms with E-state index in [9.17, 15) is 26.0 Å². The number of halogens is 1. The van der Waals surface area contributed by atoms with Gasteiger partial charge in [0.1, 0.15) is 5.82 Å². The number of carbonyl (C=O) groups is 1. The molecule has 4 N–H and O–H groups in total. The van der Waals surface area contributed by atoms with Gasteiger partial charge in [0.25, 0.3) is 15.9 Å². The molecule has 3 aromatic carbocycles. The van der Waals surface area contributed by atoms with Crippen LogP contribution in [0.3, 0.4) is 0 Å². The third-order valence-corrected chi connectivity index (χ3v) is 6.80. The predicted molar refractivity (Wildman–Crippen MR) is 118 cm³/mol. The average Bonchev–Trinajstić information content (AvgIpc) is 2.74. The Morgan fingerprint density at radius 2 is 1.44 bits per heavy atom. The number of rotatable bonds is 8. The van der Waals surface area contributed by atoms with Crippen molar-refractivity contribution in [1.82, 2.24) is 5.32 Å².